The van der Waals surface area contributed by atoms with E-state index in [1.165, 1.54) is 11.1 Å². The standard InChI is InChI=1S/C9H10O2/c1-11-9-5-6-4-7(10)2-3-8(6)9/h2-4,9-10H,5H2,1H3. The molecule has 0 aromatic heterocycles. The van der Waals surface area contributed by atoms with Crippen molar-refractivity contribution in [2.24, 2.45) is 0 Å². The largest absolute Gasteiger partial charge is 0.508 e. The Morgan fingerprint density at radius 2 is 2.36 bits per heavy atom. The molecule has 58 valence electrons. The Kier molecular flexibility index (Phi) is 1.36. The van der Waals surface area contributed by atoms with Crippen LogP contribution in [-0.4, -0.2) is 12.2 Å². The molecule has 0 saturated heterocycles. The highest BCUT2D eigenvalue weighted by atomic mass is 16.5. The number of methoxy groups -OCH3 is 1. The highest BCUT2D eigenvalue weighted by molar-refractivity contribution is 5.43. The number of phenols is 1. The summed E-state index contributed by atoms with van der Waals surface area (Å²) in [6.07, 6.45) is 1.19. The van der Waals surface area contributed by atoms with Gasteiger partial charge in [0.2, 0.25) is 0 Å². The van der Waals surface area contributed by atoms with E-state index in [-0.39, 0.29) is 6.10 Å². The molecule has 1 aliphatic carbocycles. The summed E-state index contributed by atoms with van der Waals surface area (Å²) in [7, 11) is 1.71. The van der Waals surface area contributed by atoms with Gasteiger partial charge in [-0.25, -0.2) is 0 Å². The van der Waals surface area contributed by atoms with Gasteiger partial charge in [0.15, 0.2) is 0 Å². The summed E-state index contributed by atoms with van der Waals surface area (Å²) >= 11 is 0. The summed E-state index contributed by atoms with van der Waals surface area (Å²) in [5.41, 5.74) is 2.42. The summed E-state index contributed by atoms with van der Waals surface area (Å²) in [5, 5.41) is 9.09. The van der Waals surface area contributed by atoms with Gasteiger partial charge in [0.05, 0.1) is 6.10 Å². The fourth-order valence-electron chi connectivity index (χ4n) is 1.47. The second-order valence-electron chi connectivity index (χ2n) is 2.81. The van der Waals surface area contributed by atoms with Crippen LogP contribution in [0.3, 0.4) is 0 Å². The summed E-state index contributed by atoms with van der Waals surface area (Å²) in [5.74, 6) is 0.346. The molecule has 11 heavy (non-hydrogen) atoms. The highest BCUT2D eigenvalue weighted by Gasteiger charge is 2.25. The number of rotatable bonds is 1. The van der Waals surface area contributed by atoms with Crippen molar-refractivity contribution < 1.29 is 9.84 Å². The van der Waals surface area contributed by atoms with Crippen LogP contribution < -0.4 is 0 Å². The van der Waals surface area contributed by atoms with Crippen molar-refractivity contribution in [1.82, 2.24) is 0 Å². The molecule has 1 aromatic rings. The average Bonchev–Trinajstić information content (AvgIpc) is 1.95. The molecule has 0 spiro atoms. The number of phenolic OH excluding ortho intramolecular Hbond substituents is 1. The Bertz CT molecular complexity index is 281. The lowest BCUT2D eigenvalue weighted by atomic mass is 9.85. The molecule has 2 nitrogen and oxygen atoms in total. The summed E-state index contributed by atoms with van der Waals surface area (Å²) in [6.45, 7) is 0. The van der Waals surface area contributed by atoms with Crippen LogP contribution in [0.5, 0.6) is 5.75 Å². The molecule has 1 unspecified atom stereocenters. The molecule has 0 amide bonds. The van der Waals surface area contributed by atoms with E-state index in [1.807, 2.05) is 6.07 Å². The molecule has 0 heterocycles. The Hall–Kier alpha value is -1.02. The first-order valence-electron chi connectivity index (χ1n) is 3.66. The van der Waals surface area contributed by atoms with Gasteiger partial charge in [-0.1, -0.05) is 6.07 Å². The summed E-state index contributed by atoms with van der Waals surface area (Å²) < 4.78 is 5.17. The highest BCUT2D eigenvalue weighted by Crippen LogP contribution is 2.36. The number of fused-ring (bicyclic) bond motifs is 1. The minimum Gasteiger partial charge on any atom is -0.508 e. The van der Waals surface area contributed by atoms with E-state index in [0.717, 1.165) is 6.42 Å². The van der Waals surface area contributed by atoms with Crippen LogP contribution in [0.4, 0.5) is 0 Å². The fourth-order valence-corrected chi connectivity index (χ4v) is 1.47. The van der Waals surface area contributed by atoms with Gasteiger partial charge in [-0.15, -0.1) is 0 Å². The maximum Gasteiger partial charge on any atom is 0.115 e. The van der Waals surface area contributed by atoms with E-state index in [2.05, 4.69) is 0 Å². The van der Waals surface area contributed by atoms with Gasteiger partial charge in [-0.05, 0) is 23.3 Å². The van der Waals surface area contributed by atoms with Gasteiger partial charge in [0.1, 0.15) is 5.75 Å². The van der Waals surface area contributed by atoms with Crippen LogP contribution in [0, 0.1) is 0 Å². The molecule has 0 bridgehead atoms. The Morgan fingerprint density at radius 1 is 1.55 bits per heavy atom. The maximum absolute atomic E-state index is 9.09. The SMILES string of the molecule is COC1Cc2cc(O)ccc21. The van der Waals surface area contributed by atoms with Crippen molar-refractivity contribution in [1.29, 1.82) is 0 Å². The first-order valence-corrected chi connectivity index (χ1v) is 3.66. The van der Waals surface area contributed by atoms with Crippen LogP contribution in [0.25, 0.3) is 0 Å². The van der Waals surface area contributed by atoms with E-state index in [4.69, 9.17) is 9.84 Å². The van der Waals surface area contributed by atoms with Gasteiger partial charge in [0.25, 0.3) is 0 Å². The number of hydrogen-bond donors (Lipinski definition) is 1. The second kappa shape index (κ2) is 2.24. The number of hydrogen-bond acceptors (Lipinski definition) is 2. The molecular formula is C9H10O2. The number of ether oxygens (including phenoxy) is 1. The van der Waals surface area contributed by atoms with Crippen molar-refractivity contribution in [3.63, 3.8) is 0 Å². The molecule has 1 aliphatic rings. The average molecular weight is 150 g/mol. The van der Waals surface area contributed by atoms with Crippen LogP contribution >= 0.6 is 0 Å². The molecule has 1 atom stereocenters. The van der Waals surface area contributed by atoms with E-state index in [0.29, 0.717) is 5.75 Å². The van der Waals surface area contributed by atoms with Crippen molar-refractivity contribution in [3.05, 3.63) is 29.3 Å². The van der Waals surface area contributed by atoms with Crippen LogP contribution in [-0.2, 0) is 11.2 Å². The summed E-state index contributed by atoms with van der Waals surface area (Å²) in [6, 6.07) is 5.41. The predicted octanol–water partition coefficient (Wildman–Crippen LogP) is 1.64. The molecule has 1 aromatic carbocycles. The Morgan fingerprint density at radius 3 is 3.00 bits per heavy atom. The summed E-state index contributed by atoms with van der Waals surface area (Å²) in [4.78, 5) is 0. The molecule has 2 heteroatoms. The molecule has 2 rings (SSSR count). The normalized spacial score (nSPS) is 20.6. The van der Waals surface area contributed by atoms with Gasteiger partial charge in [0, 0.05) is 13.5 Å². The predicted molar refractivity (Wildman–Crippen MR) is 41.6 cm³/mol. The first-order chi connectivity index (χ1) is 5.31. The van der Waals surface area contributed by atoms with Crippen molar-refractivity contribution >= 4 is 0 Å². The third-order valence-corrected chi connectivity index (χ3v) is 2.16. The molecular weight excluding hydrogens is 140 g/mol. The van der Waals surface area contributed by atoms with E-state index >= 15 is 0 Å². The van der Waals surface area contributed by atoms with Crippen LogP contribution in [0.1, 0.15) is 17.2 Å². The topological polar surface area (TPSA) is 29.5 Å². The Balaban J connectivity index is 2.35. The second-order valence-corrected chi connectivity index (χ2v) is 2.81. The van der Waals surface area contributed by atoms with Crippen molar-refractivity contribution in [2.45, 2.75) is 12.5 Å². The van der Waals surface area contributed by atoms with E-state index in [9.17, 15) is 0 Å². The number of aromatic hydroxyl groups is 1. The molecule has 1 N–H and O–H groups in total. The lowest BCUT2D eigenvalue weighted by Gasteiger charge is -2.28. The fraction of sp³-hybridized carbons (Fsp3) is 0.333. The van der Waals surface area contributed by atoms with Crippen molar-refractivity contribution in [2.75, 3.05) is 7.11 Å². The van der Waals surface area contributed by atoms with Gasteiger partial charge >= 0.3 is 0 Å². The lowest BCUT2D eigenvalue weighted by Crippen LogP contribution is -2.17. The Labute approximate surface area is 65.4 Å². The van der Waals surface area contributed by atoms with Crippen LogP contribution in [0.15, 0.2) is 18.2 Å². The minimum absolute atomic E-state index is 0.255. The zero-order chi connectivity index (χ0) is 7.84. The monoisotopic (exact) mass is 150 g/mol. The van der Waals surface area contributed by atoms with Crippen LogP contribution in [0.2, 0.25) is 0 Å². The minimum atomic E-state index is 0.255. The van der Waals surface area contributed by atoms with Crippen molar-refractivity contribution in [3.8, 4) is 5.75 Å². The number of benzene rings is 1. The zero-order valence-corrected chi connectivity index (χ0v) is 6.37. The van der Waals surface area contributed by atoms with Gasteiger partial charge < -0.3 is 9.84 Å². The van der Waals surface area contributed by atoms with Gasteiger partial charge in [-0.3, -0.25) is 0 Å². The zero-order valence-electron chi connectivity index (χ0n) is 6.37. The molecule has 0 radical (unpaired) electrons. The van der Waals surface area contributed by atoms with Gasteiger partial charge in [-0.2, -0.15) is 0 Å². The molecule has 0 aliphatic heterocycles. The third kappa shape index (κ3) is 0.906. The lowest BCUT2D eigenvalue weighted by molar-refractivity contribution is 0.0843. The maximum atomic E-state index is 9.09. The smallest absolute Gasteiger partial charge is 0.115 e. The third-order valence-electron chi connectivity index (χ3n) is 2.16. The molecule has 0 fully saturated rings. The first kappa shape index (κ1) is 6.68. The van der Waals surface area contributed by atoms with E-state index in [1.54, 1.807) is 19.2 Å². The molecule has 0 saturated carbocycles. The van der Waals surface area contributed by atoms with E-state index < -0.39 is 0 Å². The quantitative estimate of drug-likeness (QED) is 0.659.